The maximum Gasteiger partial charge on any atom is 0.410 e. The number of nitrogens with zero attached hydrogens (tertiary/aromatic N) is 2. The monoisotopic (exact) mass is 316 g/mol. The van der Waals surface area contributed by atoms with Crippen LogP contribution in [0.2, 0.25) is 0 Å². The van der Waals surface area contributed by atoms with Gasteiger partial charge in [0.25, 0.3) is 0 Å². The highest BCUT2D eigenvalue weighted by Crippen LogP contribution is 2.21. The lowest BCUT2D eigenvalue weighted by Gasteiger charge is -2.24. The summed E-state index contributed by atoms with van der Waals surface area (Å²) in [5, 5.41) is 3.49. The smallest absolute Gasteiger partial charge is 0.410 e. The third-order valence-corrected chi connectivity index (χ3v) is 3.81. The first-order valence-electron chi connectivity index (χ1n) is 8.01. The van der Waals surface area contributed by atoms with Crippen molar-refractivity contribution in [3.63, 3.8) is 0 Å². The van der Waals surface area contributed by atoms with E-state index in [0.29, 0.717) is 6.54 Å². The van der Waals surface area contributed by atoms with Gasteiger partial charge in [-0.15, -0.1) is 0 Å². The first-order valence-corrected chi connectivity index (χ1v) is 8.01. The molecule has 0 radical (unpaired) electrons. The molecular weight excluding hydrogens is 292 g/mol. The third kappa shape index (κ3) is 3.75. The Hall–Kier alpha value is -2.24. The number of aryl methyl sites for hydroxylation is 1. The van der Waals surface area contributed by atoms with E-state index in [-0.39, 0.29) is 12.1 Å². The Labute approximate surface area is 136 Å². The Balaban J connectivity index is 1.61. The van der Waals surface area contributed by atoms with E-state index >= 15 is 0 Å². The quantitative estimate of drug-likeness (QED) is 0.892. The van der Waals surface area contributed by atoms with Gasteiger partial charge in [-0.2, -0.15) is 0 Å². The Kier molecular flexibility index (Phi) is 3.92. The highest BCUT2D eigenvalue weighted by atomic mass is 16.6. The van der Waals surface area contributed by atoms with Crippen LogP contribution in [0.25, 0.3) is 11.0 Å². The number of benzene rings is 1. The second kappa shape index (κ2) is 5.76. The van der Waals surface area contributed by atoms with Crippen molar-refractivity contribution < 1.29 is 9.53 Å². The highest BCUT2D eigenvalue weighted by molar-refractivity contribution is 5.79. The molecule has 23 heavy (non-hydrogen) atoms. The van der Waals surface area contributed by atoms with Gasteiger partial charge in [-0.25, -0.2) is 9.78 Å². The Morgan fingerprint density at radius 1 is 1.43 bits per heavy atom. The number of H-pyrrole nitrogens is 1. The number of hydrogen-bond acceptors (Lipinski definition) is 4. The number of carbonyl (C=O) groups excluding carboxylic acids is 1. The number of imidazole rings is 1. The minimum atomic E-state index is -0.452. The van der Waals surface area contributed by atoms with Gasteiger partial charge in [0.05, 0.1) is 11.0 Å². The van der Waals surface area contributed by atoms with Gasteiger partial charge >= 0.3 is 6.09 Å². The van der Waals surface area contributed by atoms with Crippen LogP contribution in [0.5, 0.6) is 0 Å². The lowest BCUT2D eigenvalue weighted by Crippen LogP contribution is -2.36. The SMILES string of the molecule is Cc1nc2ccc(NC3CCN(C(=O)OC(C)(C)C)C3)cc2[nH]1. The summed E-state index contributed by atoms with van der Waals surface area (Å²) >= 11 is 0. The summed E-state index contributed by atoms with van der Waals surface area (Å²) in [7, 11) is 0. The van der Waals surface area contributed by atoms with Crippen LogP contribution in [-0.2, 0) is 4.74 Å². The largest absolute Gasteiger partial charge is 0.444 e. The van der Waals surface area contributed by atoms with Crippen molar-refractivity contribution in [2.24, 2.45) is 0 Å². The molecule has 0 aliphatic carbocycles. The van der Waals surface area contributed by atoms with Crippen LogP contribution in [0.1, 0.15) is 33.0 Å². The molecule has 124 valence electrons. The molecule has 1 fully saturated rings. The molecule has 6 nitrogen and oxygen atoms in total. The van der Waals surface area contributed by atoms with Crippen LogP contribution in [0.4, 0.5) is 10.5 Å². The second-order valence-corrected chi connectivity index (χ2v) is 7.11. The van der Waals surface area contributed by atoms with E-state index in [4.69, 9.17) is 4.74 Å². The number of aromatic amines is 1. The Bertz CT molecular complexity index is 717. The van der Waals surface area contributed by atoms with Crippen molar-refractivity contribution >= 4 is 22.8 Å². The highest BCUT2D eigenvalue weighted by Gasteiger charge is 2.29. The number of aromatic nitrogens is 2. The molecule has 0 bridgehead atoms. The first-order chi connectivity index (χ1) is 10.8. The summed E-state index contributed by atoms with van der Waals surface area (Å²) in [4.78, 5) is 21.5. The number of amides is 1. The molecule has 1 aromatic heterocycles. The summed E-state index contributed by atoms with van der Waals surface area (Å²) < 4.78 is 5.43. The van der Waals surface area contributed by atoms with E-state index in [1.165, 1.54) is 0 Å². The zero-order valence-electron chi connectivity index (χ0n) is 14.1. The van der Waals surface area contributed by atoms with E-state index in [1.807, 2.05) is 39.8 Å². The van der Waals surface area contributed by atoms with E-state index in [1.54, 1.807) is 4.90 Å². The lowest BCUT2D eigenvalue weighted by atomic mass is 10.2. The van der Waals surface area contributed by atoms with Crippen LogP contribution in [0, 0.1) is 6.92 Å². The fourth-order valence-corrected chi connectivity index (χ4v) is 2.83. The third-order valence-electron chi connectivity index (χ3n) is 3.81. The molecule has 6 heteroatoms. The van der Waals surface area contributed by atoms with Gasteiger partial charge in [0, 0.05) is 24.8 Å². The first kappa shape index (κ1) is 15.6. The fraction of sp³-hybridized carbons (Fsp3) is 0.529. The van der Waals surface area contributed by atoms with E-state index < -0.39 is 5.60 Å². The zero-order chi connectivity index (χ0) is 16.6. The zero-order valence-corrected chi connectivity index (χ0v) is 14.1. The summed E-state index contributed by atoms with van der Waals surface area (Å²) in [6.45, 7) is 8.99. The van der Waals surface area contributed by atoms with E-state index in [0.717, 1.165) is 35.5 Å². The topological polar surface area (TPSA) is 70.2 Å². The average Bonchev–Trinajstić information content (AvgIpc) is 3.02. The standard InChI is InChI=1S/C17H24N4O2/c1-11-18-14-6-5-12(9-15(14)19-11)20-13-7-8-21(10-13)16(22)23-17(2,3)4/h5-6,9,13,20H,7-8,10H2,1-4H3,(H,18,19). The van der Waals surface area contributed by atoms with Gasteiger partial charge in [-0.3, -0.25) is 0 Å². The van der Waals surface area contributed by atoms with Gasteiger partial charge in [-0.05, 0) is 52.3 Å². The number of ether oxygens (including phenoxy) is 1. The number of likely N-dealkylation sites (tertiary alicyclic amines) is 1. The molecule has 2 heterocycles. The molecule has 3 rings (SSSR count). The molecule has 2 aromatic rings. The van der Waals surface area contributed by atoms with Crippen molar-refractivity contribution in [1.82, 2.24) is 14.9 Å². The second-order valence-electron chi connectivity index (χ2n) is 7.11. The maximum absolute atomic E-state index is 12.1. The minimum absolute atomic E-state index is 0.235. The maximum atomic E-state index is 12.1. The molecule has 1 aromatic carbocycles. The molecule has 1 aliphatic rings. The van der Waals surface area contributed by atoms with Crippen molar-refractivity contribution in [2.45, 2.75) is 45.8 Å². The lowest BCUT2D eigenvalue weighted by molar-refractivity contribution is 0.0293. The molecule has 2 N–H and O–H groups in total. The molecule has 1 aliphatic heterocycles. The Morgan fingerprint density at radius 2 is 2.22 bits per heavy atom. The van der Waals surface area contributed by atoms with Crippen LogP contribution < -0.4 is 5.32 Å². The van der Waals surface area contributed by atoms with Crippen LogP contribution >= 0.6 is 0 Å². The number of carbonyl (C=O) groups is 1. The molecule has 1 unspecified atom stereocenters. The molecular formula is C17H24N4O2. The van der Waals surface area contributed by atoms with Crippen LogP contribution in [-0.4, -0.2) is 45.7 Å². The molecule has 1 saturated heterocycles. The number of rotatable bonds is 2. The van der Waals surface area contributed by atoms with Gasteiger partial charge in [0.1, 0.15) is 11.4 Å². The minimum Gasteiger partial charge on any atom is -0.444 e. The molecule has 0 spiro atoms. The van der Waals surface area contributed by atoms with Crippen molar-refractivity contribution in [1.29, 1.82) is 0 Å². The van der Waals surface area contributed by atoms with Crippen LogP contribution in [0.3, 0.4) is 0 Å². The predicted octanol–water partition coefficient (Wildman–Crippen LogP) is 3.29. The molecule has 0 saturated carbocycles. The number of nitrogens with one attached hydrogen (secondary N) is 2. The number of hydrogen-bond donors (Lipinski definition) is 2. The Morgan fingerprint density at radius 3 is 2.96 bits per heavy atom. The van der Waals surface area contributed by atoms with E-state index in [2.05, 4.69) is 21.4 Å². The number of fused-ring (bicyclic) bond motifs is 1. The molecule has 1 amide bonds. The van der Waals surface area contributed by atoms with Gasteiger partial charge in [0.2, 0.25) is 0 Å². The number of anilines is 1. The van der Waals surface area contributed by atoms with Crippen LogP contribution in [0.15, 0.2) is 18.2 Å². The van der Waals surface area contributed by atoms with Gasteiger partial charge < -0.3 is 19.9 Å². The van der Waals surface area contributed by atoms with E-state index in [9.17, 15) is 4.79 Å². The molecule has 1 atom stereocenters. The fourth-order valence-electron chi connectivity index (χ4n) is 2.83. The van der Waals surface area contributed by atoms with Crippen molar-refractivity contribution in [3.8, 4) is 0 Å². The van der Waals surface area contributed by atoms with Crippen molar-refractivity contribution in [2.75, 3.05) is 18.4 Å². The predicted molar refractivity (Wildman–Crippen MR) is 90.7 cm³/mol. The normalized spacial score (nSPS) is 18.4. The van der Waals surface area contributed by atoms with Gasteiger partial charge in [0.15, 0.2) is 0 Å². The van der Waals surface area contributed by atoms with Gasteiger partial charge in [-0.1, -0.05) is 0 Å². The summed E-state index contributed by atoms with van der Waals surface area (Å²) in [6.07, 6.45) is 0.681. The average molecular weight is 316 g/mol. The summed E-state index contributed by atoms with van der Waals surface area (Å²) in [6, 6.07) is 6.33. The summed E-state index contributed by atoms with van der Waals surface area (Å²) in [5.74, 6) is 0.911. The summed E-state index contributed by atoms with van der Waals surface area (Å²) in [5.41, 5.74) is 2.58. The van der Waals surface area contributed by atoms with Crippen molar-refractivity contribution in [3.05, 3.63) is 24.0 Å².